The van der Waals surface area contributed by atoms with Gasteiger partial charge in [-0.1, -0.05) is 0 Å². The maximum absolute atomic E-state index is 5.67. The number of nitrogens with zero attached hydrogens (tertiary/aromatic N) is 2. The van der Waals surface area contributed by atoms with Gasteiger partial charge in [0.05, 0.1) is 19.8 Å². The molecule has 0 saturated carbocycles. The van der Waals surface area contributed by atoms with Crippen LogP contribution in [0.4, 0.5) is 11.6 Å². The molecule has 0 fully saturated rings. The van der Waals surface area contributed by atoms with Crippen LogP contribution in [0.3, 0.4) is 0 Å². The normalized spacial score (nSPS) is 10.6. The summed E-state index contributed by atoms with van der Waals surface area (Å²) in [5.41, 5.74) is 5.67. The fourth-order valence-electron chi connectivity index (χ4n) is 1.30. The van der Waals surface area contributed by atoms with Gasteiger partial charge in [0.25, 0.3) is 0 Å². The fraction of sp³-hybridized carbons (Fsp3) is 0.636. The molecule has 0 spiro atoms. The average molecular weight is 256 g/mol. The maximum atomic E-state index is 5.67. The van der Waals surface area contributed by atoms with E-state index in [2.05, 4.69) is 15.3 Å². The van der Waals surface area contributed by atoms with Gasteiger partial charge in [0, 0.05) is 26.8 Å². The van der Waals surface area contributed by atoms with Crippen LogP contribution in [0.1, 0.15) is 5.82 Å². The van der Waals surface area contributed by atoms with E-state index in [1.54, 1.807) is 20.3 Å². The van der Waals surface area contributed by atoms with Crippen molar-refractivity contribution in [2.45, 2.75) is 6.61 Å². The van der Waals surface area contributed by atoms with Gasteiger partial charge in [-0.25, -0.2) is 9.97 Å². The highest BCUT2D eigenvalue weighted by Crippen LogP contribution is 2.08. The highest BCUT2D eigenvalue weighted by atomic mass is 16.5. The van der Waals surface area contributed by atoms with Gasteiger partial charge in [-0.2, -0.15) is 0 Å². The molecular formula is C11H20N4O3. The molecule has 18 heavy (non-hydrogen) atoms. The zero-order valence-corrected chi connectivity index (χ0v) is 10.8. The summed E-state index contributed by atoms with van der Waals surface area (Å²) in [5, 5.41) is 3.11. The highest BCUT2D eigenvalue weighted by molar-refractivity contribution is 5.44. The SMILES string of the molecule is COCCOCCNc1cc(N)nc(COC)n1. The molecule has 0 bridgehead atoms. The predicted molar refractivity (Wildman–Crippen MR) is 68.3 cm³/mol. The Bertz CT molecular complexity index is 349. The first-order valence-corrected chi connectivity index (χ1v) is 5.69. The summed E-state index contributed by atoms with van der Waals surface area (Å²) in [5.74, 6) is 1.64. The van der Waals surface area contributed by atoms with Crippen LogP contribution < -0.4 is 11.1 Å². The van der Waals surface area contributed by atoms with E-state index in [0.717, 1.165) is 0 Å². The van der Waals surface area contributed by atoms with Crippen LogP contribution in [0.25, 0.3) is 0 Å². The van der Waals surface area contributed by atoms with Crippen molar-refractivity contribution in [1.29, 1.82) is 0 Å². The Morgan fingerprint density at radius 1 is 1.17 bits per heavy atom. The van der Waals surface area contributed by atoms with Crippen LogP contribution in [0.5, 0.6) is 0 Å². The Kier molecular flexibility index (Phi) is 7.00. The van der Waals surface area contributed by atoms with Crippen molar-refractivity contribution in [3.63, 3.8) is 0 Å². The van der Waals surface area contributed by atoms with Gasteiger partial charge in [0.15, 0.2) is 5.82 Å². The third-order valence-corrected chi connectivity index (χ3v) is 2.05. The summed E-state index contributed by atoms with van der Waals surface area (Å²) in [4.78, 5) is 8.30. The second-order valence-electron chi connectivity index (χ2n) is 3.56. The third kappa shape index (κ3) is 5.76. The van der Waals surface area contributed by atoms with Gasteiger partial charge in [0.1, 0.15) is 18.2 Å². The van der Waals surface area contributed by atoms with Crippen molar-refractivity contribution in [1.82, 2.24) is 9.97 Å². The Hall–Kier alpha value is -1.44. The second kappa shape index (κ2) is 8.62. The number of hydrogen-bond acceptors (Lipinski definition) is 7. The Morgan fingerprint density at radius 3 is 2.72 bits per heavy atom. The molecule has 0 unspecified atom stereocenters. The summed E-state index contributed by atoms with van der Waals surface area (Å²) < 4.78 is 15.1. The van der Waals surface area contributed by atoms with Crippen molar-refractivity contribution < 1.29 is 14.2 Å². The van der Waals surface area contributed by atoms with Gasteiger partial charge in [-0.3, -0.25) is 0 Å². The molecule has 7 heteroatoms. The molecule has 3 N–H and O–H groups in total. The van der Waals surface area contributed by atoms with Crippen molar-refractivity contribution in [3.8, 4) is 0 Å². The lowest BCUT2D eigenvalue weighted by molar-refractivity contribution is 0.0759. The lowest BCUT2D eigenvalue weighted by atomic mass is 10.5. The number of nitrogens with two attached hydrogens (primary N) is 1. The summed E-state index contributed by atoms with van der Waals surface area (Å²) in [6, 6.07) is 1.67. The number of aromatic nitrogens is 2. The standard InChI is InChI=1S/C11H20N4O3/c1-16-5-6-18-4-3-13-10-7-9(12)14-11(15-10)8-17-2/h7H,3-6,8H2,1-2H3,(H3,12,13,14,15). The number of rotatable bonds is 9. The Labute approximate surface area is 107 Å². The van der Waals surface area contributed by atoms with E-state index >= 15 is 0 Å². The summed E-state index contributed by atoms with van der Waals surface area (Å²) in [6.45, 7) is 2.74. The third-order valence-electron chi connectivity index (χ3n) is 2.05. The fourth-order valence-corrected chi connectivity index (χ4v) is 1.30. The molecule has 102 valence electrons. The molecule has 1 rings (SSSR count). The molecule has 0 aromatic carbocycles. The molecule has 1 aromatic rings. The highest BCUT2D eigenvalue weighted by Gasteiger charge is 2.01. The molecule has 0 aliphatic heterocycles. The Balaban J connectivity index is 2.32. The van der Waals surface area contributed by atoms with E-state index in [-0.39, 0.29) is 0 Å². The molecule has 0 aliphatic carbocycles. The maximum Gasteiger partial charge on any atom is 0.158 e. The van der Waals surface area contributed by atoms with Crippen LogP contribution in [0, 0.1) is 0 Å². The van der Waals surface area contributed by atoms with Crippen LogP contribution >= 0.6 is 0 Å². The monoisotopic (exact) mass is 256 g/mol. The van der Waals surface area contributed by atoms with E-state index in [4.69, 9.17) is 19.9 Å². The minimum absolute atomic E-state index is 0.337. The average Bonchev–Trinajstić information content (AvgIpc) is 2.33. The quantitative estimate of drug-likeness (QED) is 0.613. The van der Waals surface area contributed by atoms with E-state index in [1.807, 2.05) is 0 Å². The van der Waals surface area contributed by atoms with E-state index in [1.165, 1.54) is 0 Å². The molecule has 1 heterocycles. The summed E-state index contributed by atoms with van der Waals surface area (Å²) in [7, 11) is 3.23. The molecule has 7 nitrogen and oxygen atoms in total. The molecule has 0 saturated heterocycles. The molecule has 0 amide bonds. The van der Waals surface area contributed by atoms with E-state index in [0.29, 0.717) is 50.4 Å². The van der Waals surface area contributed by atoms with E-state index < -0.39 is 0 Å². The number of hydrogen-bond donors (Lipinski definition) is 2. The minimum atomic E-state index is 0.337. The molecule has 0 radical (unpaired) electrons. The van der Waals surface area contributed by atoms with Gasteiger partial charge < -0.3 is 25.3 Å². The molecular weight excluding hydrogens is 236 g/mol. The number of nitrogens with one attached hydrogen (secondary N) is 1. The van der Waals surface area contributed by atoms with E-state index in [9.17, 15) is 0 Å². The zero-order valence-electron chi connectivity index (χ0n) is 10.8. The number of anilines is 2. The van der Waals surface area contributed by atoms with Crippen LogP contribution in [-0.4, -0.2) is 50.6 Å². The topological polar surface area (TPSA) is 91.5 Å². The van der Waals surface area contributed by atoms with Crippen LogP contribution in [0.2, 0.25) is 0 Å². The van der Waals surface area contributed by atoms with Crippen molar-refractivity contribution in [2.75, 3.05) is 51.6 Å². The van der Waals surface area contributed by atoms with Crippen LogP contribution in [-0.2, 0) is 20.8 Å². The molecule has 0 aliphatic rings. The molecule has 1 aromatic heterocycles. The smallest absolute Gasteiger partial charge is 0.158 e. The lowest BCUT2D eigenvalue weighted by Crippen LogP contribution is -2.14. The van der Waals surface area contributed by atoms with Crippen molar-refractivity contribution >= 4 is 11.6 Å². The Morgan fingerprint density at radius 2 is 2.00 bits per heavy atom. The number of ether oxygens (including phenoxy) is 3. The van der Waals surface area contributed by atoms with Gasteiger partial charge >= 0.3 is 0 Å². The second-order valence-corrected chi connectivity index (χ2v) is 3.56. The van der Waals surface area contributed by atoms with Gasteiger partial charge in [-0.15, -0.1) is 0 Å². The first kappa shape index (κ1) is 14.6. The number of methoxy groups -OCH3 is 2. The predicted octanol–water partition coefficient (Wildman–Crippen LogP) is 0.280. The first-order chi connectivity index (χ1) is 8.76. The van der Waals surface area contributed by atoms with Crippen molar-refractivity contribution in [2.24, 2.45) is 0 Å². The minimum Gasteiger partial charge on any atom is -0.384 e. The molecule has 0 atom stereocenters. The van der Waals surface area contributed by atoms with Gasteiger partial charge in [-0.05, 0) is 0 Å². The van der Waals surface area contributed by atoms with Crippen molar-refractivity contribution in [3.05, 3.63) is 11.9 Å². The summed E-state index contributed by atoms with van der Waals surface area (Å²) >= 11 is 0. The zero-order chi connectivity index (χ0) is 13.2. The van der Waals surface area contributed by atoms with Crippen LogP contribution in [0.15, 0.2) is 6.07 Å². The first-order valence-electron chi connectivity index (χ1n) is 5.69. The largest absolute Gasteiger partial charge is 0.384 e. The summed E-state index contributed by atoms with van der Waals surface area (Å²) in [6.07, 6.45) is 0. The lowest BCUT2D eigenvalue weighted by Gasteiger charge is -2.08. The number of nitrogen functional groups attached to an aromatic ring is 1. The van der Waals surface area contributed by atoms with Gasteiger partial charge in [0.2, 0.25) is 0 Å².